The standard InChI is InChI=1S/C21H25NO4/c1-24-19-10-9-16(13-20(19)25-2)18-8-5-11-22(18)14-15-6-4-7-17(12-15)21(23)26-3/h4,6-7,9-10,12-13,18H,5,8,11,14H2,1-3H3. The van der Waals surface area contributed by atoms with Crippen LogP contribution in [-0.2, 0) is 11.3 Å². The van der Waals surface area contributed by atoms with Gasteiger partial charge in [0.15, 0.2) is 11.5 Å². The number of methoxy groups -OCH3 is 3. The second-order valence-electron chi connectivity index (χ2n) is 6.43. The Morgan fingerprint density at radius 3 is 2.62 bits per heavy atom. The molecule has 0 N–H and O–H groups in total. The highest BCUT2D eigenvalue weighted by atomic mass is 16.5. The molecule has 1 saturated heterocycles. The van der Waals surface area contributed by atoms with Crippen molar-refractivity contribution in [2.45, 2.75) is 25.4 Å². The first-order valence-electron chi connectivity index (χ1n) is 8.79. The number of hydrogen-bond donors (Lipinski definition) is 0. The van der Waals surface area contributed by atoms with Crippen LogP contribution in [0.25, 0.3) is 0 Å². The van der Waals surface area contributed by atoms with E-state index in [1.165, 1.54) is 12.7 Å². The number of likely N-dealkylation sites (tertiary alicyclic amines) is 1. The summed E-state index contributed by atoms with van der Waals surface area (Å²) in [6.45, 7) is 1.82. The van der Waals surface area contributed by atoms with Crippen molar-refractivity contribution in [2.24, 2.45) is 0 Å². The van der Waals surface area contributed by atoms with E-state index in [1.54, 1.807) is 20.3 Å². The molecule has 1 aliphatic rings. The summed E-state index contributed by atoms with van der Waals surface area (Å²) in [5.74, 6) is 1.20. The molecular formula is C21H25NO4. The molecule has 138 valence electrons. The van der Waals surface area contributed by atoms with E-state index < -0.39 is 0 Å². The van der Waals surface area contributed by atoms with Gasteiger partial charge < -0.3 is 14.2 Å². The van der Waals surface area contributed by atoms with Crippen molar-refractivity contribution >= 4 is 5.97 Å². The average Bonchev–Trinajstić information content (AvgIpc) is 3.15. The molecule has 0 spiro atoms. The number of benzene rings is 2. The van der Waals surface area contributed by atoms with Crippen molar-refractivity contribution in [1.29, 1.82) is 0 Å². The van der Waals surface area contributed by atoms with Gasteiger partial charge in [0.1, 0.15) is 0 Å². The minimum Gasteiger partial charge on any atom is -0.493 e. The molecule has 1 heterocycles. The van der Waals surface area contributed by atoms with Gasteiger partial charge in [0.25, 0.3) is 0 Å². The summed E-state index contributed by atoms with van der Waals surface area (Å²) < 4.78 is 15.6. The molecular weight excluding hydrogens is 330 g/mol. The van der Waals surface area contributed by atoms with Gasteiger partial charge in [-0.15, -0.1) is 0 Å². The molecule has 1 unspecified atom stereocenters. The SMILES string of the molecule is COC(=O)c1cccc(CN2CCCC2c2ccc(OC)c(OC)c2)c1. The van der Waals surface area contributed by atoms with Crippen LogP contribution < -0.4 is 9.47 Å². The Hall–Kier alpha value is -2.53. The molecule has 1 aliphatic heterocycles. The van der Waals surface area contributed by atoms with Crippen LogP contribution >= 0.6 is 0 Å². The van der Waals surface area contributed by atoms with E-state index >= 15 is 0 Å². The van der Waals surface area contributed by atoms with Crippen LogP contribution in [0.5, 0.6) is 11.5 Å². The third-order valence-electron chi connectivity index (χ3n) is 4.89. The monoisotopic (exact) mass is 355 g/mol. The van der Waals surface area contributed by atoms with Crippen molar-refractivity contribution < 1.29 is 19.0 Å². The second kappa shape index (κ2) is 8.23. The van der Waals surface area contributed by atoms with Crippen molar-refractivity contribution in [1.82, 2.24) is 4.90 Å². The van der Waals surface area contributed by atoms with Crippen LogP contribution in [0.15, 0.2) is 42.5 Å². The van der Waals surface area contributed by atoms with Crippen LogP contribution in [0.4, 0.5) is 0 Å². The smallest absolute Gasteiger partial charge is 0.337 e. The molecule has 0 radical (unpaired) electrons. The van der Waals surface area contributed by atoms with Gasteiger partial charge in [-0.25, -0.2) is 4.79 Å². The summed E-state index contributed by atoms with van der Waals surface area (Å²) >= 11 is 0. The van der Waals surface area contributed by atoms with Gasteiger partial charge in [-0.1, -0.05) is 18.2 Å². The Morgan fingerprint density at radius 1 is 1.08 bits per heavy atom. The van der Waals surface area contributed by atoms with Crippen molar-refractivity contribution in [3.8, 4) is 11.5 Å². The Bertz CT molecular complexity index is 774. The molecule has 0 saturated carbocycles. The number of esters is 1. The minimum absolute atomic E-state index is 0.301. The van der Waals surface area contributed by atoms with Crippen molar-refractivity contribution in [3.63, 3.8) is 0 Å². The first-order valence-corrected chi connectivity index (χ1v) is 8.79. The second-order valence-corrected chi connectivity index (χ2v) is 6.43. The number of hydrogen-bond acceptors (Lipinski definition) is 5. The molecule has 5 nitrogen and oxygen atoms in total. The van der Waals surface area contributed by atoms with Gasteiger partial charge >= 0.3 is 5.97 Å². The van der Waals surface area contributed by atoms with E-state index in [0.29, 0.717) is 11.6 Å². The van der Waals surface area contributed by atoms with Gasteiger partial charge in [-0.2, -0.15) is 0 Å². The zero-order chi connectivity index (χ0) is 18.5. The van der Waals surface area contributed by atoms with Crippen LogP contribution in [0.1, 0.15) is 40.4 Å². The van der Waals surface area contributed by atoms with E-state index in [2.05, 4.69) is 23.1 Å². The maximum atomic E-state index is 11.8. The largest absolute Gasteiger partial charge is 0.493 e. The fourth-order valence-electron chi connectivity index (χ4n) is 3.60. The Labute approximate surface area is 154 Å². The molecule has 5 heteroatoms. The van der Waals surface area contributed by atoms with Gasteiger partial charge in [-0.05, 0) is 54.8 Å². The zero-order valence-electron chi connectivity index (χ0n) is 15.5. The van der Waals surface area contributed by atoms with Crippen LogP contribution in [0, 0.1) is 0 Å². The summed E-state index contributed by atoms with van der Waals surface area (Å²) in [5, 5.41) is 0. The normalized spacial score (nSPS) is 17.1. The molecule has 1 atom stereocenters. The Kier molecular flexibility index (Phi) is 5.78. The number of carbonyl (C=O) groups excluding carboxylic acids is 1. The van der Waals surface area contributed by atoms with Gasteiger partial charge in [0.05, 0.1) is 26.9 Å². The van der Waals surface area contributed by atoms with Crippen LogP contribution in [0.3, 0.4) is 0 Å². The summed E-state index contributed by atoms with van der Waals surface area (Å²) in [5.41, 5.74) is 2.93. The molecule has 0 aliphatic carbocycles. The lowest BCUT2D eigenvalue weighted by molar-refractivity contribution is 0.0600. The number of rotatable bonds is 6. The number of carbonyl (C=O) groups is 1. The molecule has 0 amide bonds. The number of ether oxygens (including phenoxy) is 3. The third kappa shape index (κ3) is 3.83. The molecule has 3 rings (SSSR count). The molecule has 0 aromatic heterocycles. The van der Waals surface area contributed by atoms with Gasteiger partial charge in [0.2, 0.25) is 0 Å². The van der Waals surface area contributed by atoms with Crippen LogP contribution in [0.2, 0.25) is 0 Å². The highest BCUT2D eigenvalue weighted by Crippen LogP contribution is 2.37. The third-order valence-corrected chi connectivity index (χ3v) is 4.89. The van der Waals surface area contributed by atoms with Gasteiger partial charge in [0, 0.05) is 12.6 Å². The quantitative estimate of drug-likeness (QED) is 0.737. The highest BCUT2D eigenvalue weighted by molar-refractivity contribution is 5.89. The average molecular weight is 355 g/mol. The van der Waals surface area contributed by atoms with Crippen LogP contribution in [-0.4, -0.2) is 38.7 Å². The number of nitrogens with zero attached hydrogens (tertiary/aromatic N) is 1. The summed E-state index contributed by atoms with van der Waals surface area (Å²) in [6, 6.07) is 14.1. The Balaban J connectivity index is 1.80. The zero-order valence-corrected chi connectivity index (χ0v) is 15.5. The molecule has 2 aromatic rings. The summed E-state index contributed by atoms with van der Waals surface area (Å²) in [7, 11) is 4.71. The molecule has 0 bridgehead atoms. The topological polar surface area (TPSA) is 48.0 Å². The minimum atomic E-state index is -0.301. The first-order chi connectivity index (χ1) is 12.7. The fourth-order valence-corrected chi connectivity index (χ4v) is 3.60. The first kappa shape index (κ1) is 18.3. The Morgan fingerprint density at radius 2 is 1.88 bits per heavy atom. The maximum absolute atomic E-state index is 11.8. The predicted molar refractivity (Wildman–Crippen MR) is 99.7 cm³/mol. The lowest BCUT2D eigenvalue weighted by atomic mass is 10.0. The summed E-state index contributed by atoms with van der Waals surface area (Å²) in [6.07, 6.45) is 2.25. The van der Waals surface area contributed by atoms with E-state index in [9.17, 15) is 4.79 Å². The maximum Gasteiger partial charge on any atom is 0.337 e. The van der Waals surface area contributed by atoms with E-state index in [4.69, 9.17) is 14.2 Å². The molecule has 1 fully saturated rings. The van der Waals surface area contributed by atoms with Crippen molar-refractivity contribution in [3.05, 3.63) is 59.2 Å². The lowest BCUT2D eigenvalue weighted by Gasteiger charge is -2.25. The lowest BCUT2D eigenvalue weighted by Crippen LogP contribution is -2.23. The molecule has 2 aromatic carbocycles. The van der Waals surface area contributed by atoms with E-state index in [-0.39, 0.29) is 5.97 Å². The van der Waals surface area contributed by atoms with Gasteiger partial charge in [-0.3, -0.25) is 4.90 Å². The van der Waals surface area contributed by atoms with E-state index in [0.717, 1.165) is 43.0 Å². The molecule has 26 heavy (non-hydrogen) atoms. The highest BCUT2D eigenvalue weighted by Gasteiger charge is 2.27. The van der Waals surface area contributed by atoms with Crippen molar-refractivity contribution in [2.75, 3.05) is 27.9 Å². The fraction of sp³-hybridized carbons (Fsp3) is 0.381. The van der Waals surface area contributed by atoms with E-state index in [1.807, 2.05) is 18.2 Å². The predicted octanol–water partition coefficient (Wildman–Crippen LogP) is 3.83. The summed E-state index contributed by atoms with van der Waals surface area (Å²) in [4.78, 5) is 14.2.